The van der Waals surface area contributed by atoms with Crippen molar-refractivity contribution in [2.24, 2.45) is 0 Å². The first kappa shape index (κ1) is 14.2. The molecule has 2 aromatic carbocycles. The van der Waals surface area contributed by atoms with E-state index in [2.05, 4.69) is 15.9 Å². The molecule has 0 aliphatic rings. The number of hydrogen-bond acceptors (Lipinski definition) is 1. The van der Waals surface area contributed by atoms with E-state index in [1.807, 2.05) is 0 Å². The van der Waals surface area contributed by atoms with Crippen LogP contribution in [-0.2, 0) is 0 Å². The monoisotopic (exact) mass is 344 g/mol. The van der Waals surface area contributed by atoms with Gasteiger partial charge >= 0.3 is 0 Å². The Morgan fingerprint density at radius 1 is 1.16 bits per heavy atom. The summed E-state index contributed by atoms with van der Waals surface area (Å²) in [6.45, 7) is 1.48. The lowest BCUT2D eigenvalue weighted by Crippen LogP contribution is -2.06. The van der Waals surface area contributed by atoms with E-state index >= 15 is 0 Å². The van der Waals surface area contributed by atoms with Crippen LogP contribution in [0.2, 0.25) is 5.02 Å². The Balaban J connectivity index is 2.49. The molecule has 2 rings (SSSR count). The van der Waals surface area contributed by atoms with Gasteiger partial charge in [0, 0.05) is 16.1 Å². The van der Waals surface area contributed by atoms with Crippen molar-refractivity contribution in [1.82, 2.24) is 0 Å². The summed E-state index contributed by atoms with van der Waals surface area (Å²) in [5.41, 5.74) is 0.340. The summed E-state index contributed by atoms with van der Waals surface area (Å²) in [4.78, 5) is 12.2. The molecule has 0 aliphatic carbocycles. The van der Waals surface area contributed by atoms with Gasteiger partial charge in [-0.25, -0.2) is 8.78 Å². The molecule has 0 heterocycles. The van der Waals surface area contributed by atoms with E-state index in [1.54, 1.807) is 0 Å². The summed E-state index contributed by atoms with van der Waals surface area (Å²) < 4.78 is 27.4. The number of benzene rings is 2. The smallest absolute Gasteiger partial charge is 0.196 e. The van der Waals surface area contributed by atoms with Crippen molar-refractivity contribution in [3.05, 3.63) is 68.2 Å². The summed E-state index contributed by atoms with van der Waals surface area (Å²) in [5.74, 6) is -2.07. The van der Waals surface area contributed by atoms with E-state index in [-0.39, 0.29) is 16.7 Å². The molecule has 0 saturated carbocycles. The molecular weight excluding hydrogens is 338 g/mol. The summed E-state index contributed by atoms with van der Waals surface area (Å²) in [6.07, 6.45) is 0. The van der Waals surface area contributed by atoms with Crippen LogP contribution in [0.4, 0.5) is 8.78 Å². The van der Waals surface area contributed by atoms with Gasteiger partial charge in [0.1, 0.15) is 11.6 Å². The average molecular weight is 346 g/mol. The van der Waals surface area contributed by atoms with E-state index < -0.39 is 17.4 Å². The van der Waals surface area contributed by atoms with Crippen molar-refractivity contribution in [2.75, 3.05) is 0 Å². The van der Waals surface area contributed by atoms with Gasteiger partial charge in [-0.1, -0.05) is 11.6 Å². The van der Waals surface area contributed by atoms with Crippen LogP contribution >= 0.6 is 27.5 Å². The number of aryl methyl sites for hydroxylation is 1. The van der Waals surface area contributed by atoms with Crippen molar-refractivity contribution in [1.29, 1.82) is 0 Å². The first-order chi connectivity index (χ1) is 8.90. The number of halogens is 4. The normalized spacial score (nSPS) is 10.6. The standard InChI is InChI=1S/C14H8BrClF2O/c1-7-4-9(13(18)6-12(7)17)14(19)8-2-3-11(16)10(15)5-8/h2-6H,1H3. The summed E-state index contributed by atoms with van der Waals surface area (Å²) in [5, 5.41) is 0.451. The number of hydrogen-bond donors (Lipinski definition) is 0. The molecule has 19 heavy (non-hydrogen) atoms. The lowest BCUT2D eigenvalue weighted by atomic mass is 10.0. The zero-order chi connectivity index (χ0) is 14.2. The SMILES string of the molecule is Cc1cc(C(=O)c2ccc(Cl)c(Br)c2)c(F)cc1F. The molecule has 0 spiro atoms. The van der Waals surface area contributed by atoms with Gasteiger partial charge in [-0.05, 0) is 52.7 Å². The van der Waals surface area contributed by atoms with Gasteiger partial charge < -0.3 is 0 Å². The van der Waals surface area contributed by atoms with Gasteiger partial charge in [-0.3, -0.25) is 4.79 Å². The van der Waals surface area contributed by atoms with E-state index in [1.165, 1.54) is 31.2 Å². The Bertz CT molecular complexity index is 671. The molecule has 2 aromatic rings. The minimum absolute atomic E-state index is 0.159. The van der Waals surface area contributed by atoms with Crippen LogP contribution in [0.15, 0.2) is 34.8 Å². The van der Waals surface area contributed by atoms with Crippen LogP contribution in [0.25, 0.3) is 0 Å². The van der Waals surface area contributed by atoms with Crippen molar-refractivity contribution >= 4 is 33.3 Å². The largest absolute Gasteiger partial charge is 0.288 e. The van der Waals surface area contributed by atoms with E-state index in [0.29, 0.717) is 15.6 Å². The highest BCUT2D eigenvalue weighted by atomic mass is 79.9. The molecular formula is C14H8BrClF2O. The Morgan fingerprint density at radius 2 is 1.84 bits per heavy atom. The fourth-order valence-corrected chi connectivity index (χ4v) is 2.12. The topological polar surface area (TPSA) is 17.1 Å². The van der Waals surface area contributed by atoms with Crippen molar-refractivity contribution in [3.63, 3.8) is 0 Å². The van der Waals surface area contributed by atoms with Gasteiger partial charge in [-0.2, -0.15) is 0 Å². The lowest BCUT2D eigenvalue weighted by Gasteiger charge is -2.06. The van der Waals surface area contributed by atoms with E-state index in [9.17, 15) is 13.6 Å². The van der Waals surface area contributed by atoms with Crippen LogP contribution in [0.3, 0.4) is 0 Å². The van der Waals surface area contributed by atoms with Gasteiger partial charge in [0.2, 0.25) is 0 Å². The highest BCUT2D eigenvalue weighted by Gasteiger charge is 2.17. The predicted octanol–water partition coefficient (Wildman–Crippen LogP) is 4.92. The molecule has 0 N–H and O–H groups in total. The van der Waals surface area contributed by atoms with Crippen LogP contribution in [0, 0.1) is 18.6 Å². The van der Waals surface area contributed by atoms with Crippen molar-refractivity contribution in [2.45, 2.75) is 6.92 Å². The number of carbonyl (C=O) groups is 1. The maximum Gasteiger partial charge on any atom is 0.196 e. The summed E-state index contributed by atoms with van der Waals surface area (Å²) >= 11 is 9.02. The van der Waals surface area contributed by atoms with Crippen LogP contribution in [0.5, 0.6) is 0 Å². The number of rotatable bonds is 2. The van der Waals surface area contributed by atoms with Crippen molar-refractivity contribution < 1.29 is 13.6 Å². The summed E-state index contributed by atoms with van der Waals surface area (Å²) in [6, 6.07) is 6.45. The molecule has 0 saturated heterocycles. The second-order valence-corrected chi connectivity index (χ2v) is 5.30. The van der Waals surface area contributed by atoms with E-state index in [4.69, 9.17) is 11.6 Å². The van der Waals surface area contributed by atoms with Gasteiger partial charge in [0.15, 0.2) is 5.78 Å². The zero-order valence-corrected chi connectivity index (χ0v) is 12.1. The van der Waals surface area contributed by atoms with E-state index in [0.717, 1.165) is 0 Å². The first-order valence-corrected chi connectivity index (χ1v) is 6.52. The van der Waals surface area contributed by atoms with Gasteiger partial charge in [-0.15, -0.1) is 0 Å². The van der Waals surface area contributed by atoms with Gasteiger partial charge in [0.25, 0.3) is 0 Å². The fraction of sp³-hybridized carbons (Fsp3) is 0.0714. The Labute approximate surface area is 122 Å². The van der Waals surface area contributed by atoms with Crippen LogP contribution in [0.1, 0.15) is 21.5 Å². The Morgan fingerprint density at radius 3 is 2.47 bits per heavy atom. The third-order valence-electron chi connectivity index (χ3n) is 2.67. The molecule has 0 bridgehead atoms. The highest BCUT2D eigenvalue weighted by molar-refractivity contribution is 9.10. The fourth-order valence-electron chi connectivity index (χ4n) is 1.62. The second kappa shape index (κ2) is 5.39. The molecule has 0 fully saturated rings. The second-order valence-electron chi connectivity index (χ2n) is 4.04. The van der Waals surface area contributed by atoms with Crippen LogP contribution < -0.4 is 0 Å². The third kappa shape index (κ3) is 2.85. The van der Waals surface area contributed by atoms with Crippen molar-refractivity contribution in [3.8, 4) is 0 Å². The molecule has 0 atom stereocenters. The maximum atomic E-state index is 13.6. The van der Waals surface area contributed by atoms with Crippen LogP contribution in [-0.4, -0.2) is 5.78 Å². The molecule has 0 aliphatic heterocycles. The first-order valence-electron chi connectivity index (χ1n) is 5.35. The average Bonchev–Trinajstić information content (AvgIpc) is 2.36. The lowest BCUT2D eigenvalue weighted by molar-refractivity contribution is 0.103. The summed E-state index contributed by atoms with van der Waals surface area (Å²) in [7, 11) is 0. The quantitative estimate of drug-likeness (QED) is 0.706. The Hall–Kier alpha value is -1.26. The molecule has 0 amide bonds. The molecule has 5 heteroatoms. The molecule has 0 unspecified atom stereocenters. The molecule has 1 nitrogen and oxygen atoms in total. The molecule has 98 valence electrons. The minimum Gasteiger partial charge on any atom is -0.288 e. The number of ketones is 1. The minimum atomic E-state index is -0.876. The molecule has 0 radical (unpaired) electrons. The Kier molecular flexibility index (Phi) is 4.02. The zero-order valence-electron chi connectivity index (χ0n) is 9.81. The molecule has 0 aromatic heterocycles. The predicted molar refractivity (Wildman–Crippen MR) is 73.7 cm³/mol. The number of carbonyl (C=O) groups excluding carboxylic acids is 1. The van der Waals surface area contributed by atoms with Gasteiger partial charge in [0.05, 0.1) is 10.6 Å². The third-order valence-corrected chi connectivity index (χ3v) is 3.89. The highest BCUT2D eigenvalue weighted by Crippen LogP contribution is 2.25. The maximum absolute atomic E-state index is 13.6.